The lowest BCUT2D eigenvalue weighted by Gasteiger charge is -2.38. The second kappa shape index (κ2) is 14.0. The van der Waals surface area contributed by atoms with Crippen LogP contribution in [-0.2, 0) is 4.74 Å². The normalized spacial score (nSPS) is 13.2. The van der Waals surface area contributed by atoms with Crippen LogP contribution in [0.4, 0.5) is 17.1 Å². The third-order valence-electron chi connectivity index (χ3n) is 6.62. The molecule has 8 nitrogen and oxygen atoms in total. The molecule has 206 valence electrons. The summed E-state index contributed by atoms with van der Waals surface area (Å²) < 4.78 is 11.7. The zero-order valence-electron chi connectivity index (χ0n) is 22.4. The number of hydrogen-bond donors (Lipinski definition) is 2. The second-order valence-electron chi connectivity index (χ2n) is 9.12. The van der Waals surface area contributed by atoms with Gasteiger partial charge in [0, 0.05) is 61.8 Å². The van der Waals surface area contributed by atoms with Crippen LogP contribution in [0.2, 0.25) is 0 Å². The molecule has 0 atom stereocenters. The molecule has 3 aromatic carbocycles. The Morgan fingerprint density at radius 3 is 2.28 bits per heavy atom. The summed E-state index contributed by atoms with van der Waals surface area (Å²) in [4.78, 5) is 30.8. The van der Waals surface area contributed by atoms with Crippen molar-refractivity contribution < 1.29 is 19.1 Å². The van der Waals surface area contributed by atoms with E-state index in [1.807, 2.05) is 55.5 Å². The number of benzene rings is 3. The maximum Gasteiger partial charge on any atom is 0.256 e. The number of amides is 2. The third kappa shape index (κ3) is 7.30. The fourth-order valence-corrected chi connectivity index (χ4v) is 5.08. The average molecular weight is 596 g/mol. The molecule has 0 aliphatic carbocycles. The number of rotatable bonds is 11. The van der Waals surface area contributed by atoms with Crippen molar-refractivity contribution in [2.75, 3.05) is 68.2 Å². The van der Waals surface area contributed by atoms with Crippen molar-refractivity contribution >= 4 is 44.8 Å². The number of carbonyl (C=O) groups excluding carboxylic acids is 2. The maximum absolute atomic E-state index is 13.3. The molecule has 1 aliphatic rings. The fraction of sp³-hybridized carbons (Fsp3) is 0.333. The summed E-state index contributed by atoms with van der Waals surface area (Å²) in [7, 11) is 1.69. The number of nitrogens with one attached hydrogen (secondary N) is 2. The minimum absolute atomic E-state index is 0.175. The van der Waals surface area contributed by atoms with E-state index in [-0.39, 0.29) is 11.8 Å². The average Bonchev–Trinajstić information content (AvgIpc) is 2.97. The number of piperazine rings is 1. The summed E-state index contributed by atoms with van der Waals surface area (Å²) >= 11 is 3.43. The highest BCUT2D eigenvalue weighted by Gasteiger charge is 2.24. The van der Waals surface area contributed by atoms with Gasteiger partial charge in [-0.2, -0.15) is 0 Å². The maximum atomic E-state index is 13.3. The monoisotopic (exact) mass is 594 g/mol. The molecule has 1 aliphatic heterocycles. The molecule has 3 aromatic rings. The van der Waals surface area contributed by atoms with Gasteiger partial charge in [0.15, 0.2) is 0 Å². The van der Waals surface area contributed by atoms with E-state index >= 15 is 0 Å². The lowest BCUT2D eigenvalue weighted by atomic mass is 10.1. The van der Waals surface area contributed by atoms with Gasteiger partial charge < -0.3 is 29.9 Å². The Morgan fingerprint density at radius 1 is 0.872 bits per heavy atom. The van der Waals surface area contributed by atoms with Gasteiger partial charge in [-0.15, -0.1) is 0 Å². The molecule has 0 aromatic heterocycles. The van der Waals surface area contributed by atoms with E-state index in [2.05, 4.69) is 42.4 Å². The van der Waals surface area contributed by atoms with Gasteiger partial charge >= 0.3 is 0 Å². The van der Waals surface area contributed by atoms with Gasteiger partial charge in [0.25, 0.3) is 11.8 Å². The zero-order chi connectivity index (χ0) is 27.6. The highest BCUT2D eigenvalue weighted by Crippen LogP contribution is 2.31. The topological polar surface area (TPSA) is 83.1 Å². The molecule has 1 saturated heterocycles. The molecule has 0 unspecified atom stereocenters. The van der Waals surface area contributed by atoms with Crippen LogP contribution >= 0.6 is 15.9 Å². The molecular formula is C30H35BrN4O4. The number of ether oxygens (including phenoxy) is 2. The quantitative estimate of drug-likeness (QED) is 0.297. The molecule has 39 heavy (non-hydrogen) atoms. The Labute approximate surface area is 238 Å². The van der Waals surface area contributed by atoms with E-state index in [0.29, 0.717) is 41.0 Å². The van der Waals surface area contributed by atoms with E-state index in [1.54, 1.807) is 19.2 Å². The lowest BCUT2D eigenvalue weighted by molar-refractivity contribution is 0.0943. The van der Waals surface area contributed by atoms with Crippen molar-refractivity contribution in [2.24, 2.45) is 0 Å². The van der Waals surface area contributed by atoms with Gasteiger partial charge in [-0.05, 0) is 71.7 Å². The summed E-state index contributed by atoms with van der Waals surface area (Å²) in [5, 5.41) is 5.96. The van der Waals surface area contributed by atoms with Gasteiger partial charge in [0.2, 0.25) is 0 Å². The molecule has 0 bridgehead atoms. The van der Waals surface area contributed by atoms with E-state index in [1.165, 1.54) is 0 Å². The number of anilines is 3. The Kier molecular flexibility index (Phi) is 10.2. The Hall–Kier alpha value is -3.56. The molecule has 0 saturated carbocycles. The Bertz CT molecular complexity index is 1280. The van der Waals surface area contributed by atoms with Gasteiger partial charge in [-0.3, -0.25) is 9.59 Å². The molecule has 1 fully saturated rings. The summed E-state index contributed by atoms with van der Waals surface area (Å²) in [5.41, 5.74) is 3.53. The number of hydrogen-bond acceptors (Lipinski definition) is 6. The molecule has 1 heterocycles. The van der Waals surface area contributed by atoms with Crippen LogP contribution in [0.1, 0.15) is 34.1 Å². The van der Waals surface area contributed by atoms with E-state index in [0.717, 1.165) is 49.7 Å². The first-order chi connectivity index (χ1) is 19.0. The largest absolute Gasteiger partial charge is 0.495 e. The van der Waals surface area contributed by atoms with Crippen LogP contribution in [0.25, 0.3) is 0 Å². The van der Waals surface area contributed by atoms with Gasteiger partial charge in [0.05, 0.1) is 23.9 Å². The molecule has 2 amide bonds. The summed E-state index contributed by atoms with van der Waals surface area (Å²) in [5.74, 6) is 0.428. The standard InChI is InChI=1S/C30H35BrN4O4/c1-3-39-20-8-15-32-29(36)24-21-22(33-30(37)23-9-4-5-10-25(23)31)13-14-26(24)34-16-18-35(19-17-34)27-11-6-7-12-28(27)38-2/h4-7,9-14,21H,3,8,15-20H2,1-2H3,(H,32,36)(H,33,37). The number of nitrogens with zero attached hydrogens (tertiary/aromatic N) is 2. The number of para-hydroxylation sites is 2. The van der Waals surface area contributed by atoms with Crippen molar-refractivity contribution in [2.45, 2.75) is 13.3 Å². The molecule has 4 rings (SSSR count). The second-order valence-corrected chi connectivity index (χ2v) is 9.97. The Morgan fingerprint density at radius 2 is 1.56 bits per heavy atom. The first-order valence-corrected chi connectivity index (χ1v) is 14.0. The van der Waals surface area contributed by atoms with E-state index < -0.39 is 0 Å². The van der Waals surface area contributed by atoms with Crippen molar-refractivity contribution in [1.29, 1.82) is 0 Å². The van der Waals surface area contributed by atoms with Crippen LogP contribution in [-0.4, -0.2) is 64.9 Å². The molecule has 9 heteroatoms. The van der Waals surface area contributed by atoms with Crippen LogP contribution in [0.15, 0.2) is 71.2 Å². The number of methoxy groups -OCH3 is 1. The molecule has 2 N–H and O–H groups in total. The summed E-state index contributed by atoms with van der Waals surface area (Å²) in [6.07, 6.45) is 0.727. The van der Waals surface area contributed by atoms with Crippen LogP contribution < -0.4 is 25.2 Å². The van der Waals surface area contributed by atoms with Gasteiger partial charge in [-0.1, -0.05) is 24.3 Å². The minimum Gasteiger partial charge on any atom is -0.495 e. The highest BCUT2D eigenvalue weighted by molar-refractivity contribution is 9.10. The van der Waals surface area contributed by atoms with Crippen LogP contribution in [0, 0.1) is 0 Å². The van der Waals surface area contributed by atoms with Crippen molar-refractivity contribution in [3.63, 3.8) is 0 Å². The highest BCUT2D eigenvalue weighted by atomic mass is 79.9. The number of carbonyl (C=O) groups is 2. The first kappa shape index (κ1) is 28.4. The van der Waals surface area contributed by atoms with Gasteiger partial charge in [-0.25, -0.2) is 0 Å². The van der Waals surface area contributed by atoms with Crippen molar-refractivity contribution in [3.8, 4) is 5.75 Å². The molecule has 0 spiro atoms. The minimum atomic E-state index is -0.247. The zero-order valence-corrected chi connectivity index (χ0v) is 24.0. The first-order valence-electron chi connectivity index (χ1n) is 13.2. The smallest absolute Gasteiger partial charge is 0.256 e. The number of halogens is 1. The summed E-state index contributed by atoms with van der Waals surface area (Å²) in [6.45, 7) is 6.76. The fourth-order valence-electron chi connectivity index (χ4n) is 4.61. The SMILES string of the molecule is CCOCCCNC(=O)c1cc(NC(=O)c2ccccc2Br)ccc1N1CCN(c2ccccc2OC)CC1. The predicted molar refractivity (Wildman–Crippen MR) is 159 cm³/mol. The molecular weight excluding hydrogens is 560 g/mol. The van der Waals surface area contributed by atoms with Crippen molar-refractivity contribution in [1.82, 2.24) is 5.32 Å². The third-order valence-corrected chi connectivity index (χ3v) is 7.31. The summed E-state index contributed by atoms with van der Waals surface area (Å²) in [6, 6.07) is 20.8. The predicted octanol–water partition coefficient (Wildman–Crippen LogP) is 5.19. The lowest BCUT2D eigenvalue weighted by Crippen LogP contribution is -2.47. The van der Waals surface area contributed by atoms with Crippen LogP contribution in [0.3, 0.4) is 0 Å². The van der Waals surface area contributed by atoms with Crippen molar-refractivity contribution in [3.05, 3.63) is 82.3 Å². The van der Waals surface area contributed by atoms with Crippen LogP contribution in [0.5, 0.6) is 5.75 Å². The van der Waals surface area contributed by atoms with Gasteiger partial charge in [0.1, 0.15) is 5.75 Å². The van der Waals surface area contributed by atoms with E-state index in [9.17, 15) is 9.59 Å². The Balaban J connectivity index is 1.52. The molecule has 0 radical (unpaired) electrons. The van der Waals surface area contributed by atoms with E-state index in [4.69, 9.17) is 9.47 Å².